The molecule has 2 aliphatic heterocycles. The van der Waals surface area contributed by atoms with E-state index < -0.39 is 26.1 Å². The number of aromatic hydroxyl groups is 1. The van der Waals surface area contributed by atoms with Gasteiger partial charge in [-0.25, -0.2) is 0 Å². The zero-order chi connectivity index (χ0) is 41.0. The van der Waals surface area contributed by atoms with Gasteiger partial charge in [-0.3, -0.25) is 19.3 Å². The number of ether oxygens (including phenoxy) is 1. The molecule has 3 aliphatic rings. The Kier molecular flexibility index (Phi) is 12.5. The normalized spacial score (nSPS) is 21.2. The number of carboxylic acid groups (broad SMARTS) is 1. The SMILES string of the molecule is CC/C(=C\c1ccc(O)c2ccccc12)CC[C@H]1OC[C@H]2C1=C(CO[Si](c1ccccc1)(c1ccccc1)C(C)(C)C)C[C@H]1C(=O)N(CCCCCC(=O)O)C(=O)[C@H]12. The molecule has 8 nitrogen and oxygen atoms in total. The number of phenolic OH excluding ortho intramolecular Hbond substituents is 1. The maximum absolute atomic E-state index is 14.2. The molecule has 2 fully saturated rings. The number of hydrogen-bond donors (Lipinski definition) is 2. The van der Waals surface area contributed by atoms with E-state index in [0.29, 0.717) is 45.4 Å². The number of carbonyl (C=O) groups excluding carboxylic acids is 2. The summed E-state index contributed by atoms with van der Waals surface area (Å²) in [5.74, 6) is -2.00. The van der Waals surface area contributed by atoms with E-state index in [1.165, 1.54) is 20.8 Å². The van der Waals surface area contributed by atoms with Gasteiger partial charge in [0.2, 0.25) is 11.8 Å². The van der Waals surface area contributed by atoms with Crippen LogP contribution in [0.15, 0.2) is 114 Å². The Hall–Kier alpha value is -4.83. The Balaban J connectivity index is 1.22. The van der Waals surface area contributed by atoms with Gasteiger partial charge in [0.25, 0.3) is 8.32 Å². The third-order valence-corrected chi connectivity index (χ3v) is 17.7. The number of likely N-dealkylation sites (tertiary alicyclic amines) is 1. The van der Waals surface area contributed by atoms with Crippen LogP contribution in [0, 0.1) is 17.8 Å². The lowest BCUT2D eigenvalue weighted by Crippen LogP contribution is -2.66. The predicted molar refractivity (Wildman–Crippen MR) is 231 cm³/mol. The number of phenols is 1. The van der Waals surface area contributed by atoms with Gasteiger partial charge >= 0.3 is 5.97 Å². The quantitative estimate of drug-likeness (QED) is 0.0505. The monoisotopic (exact) mass is 799 g/mol. The molecule has 9 heteroatoms. The van der Waals surface area contributed by atoms with E-state index in [1.54, 1.807) is 6.07 Å². The molecule has 0 bridgehead atoms. The average molecular weight is 800 g/mol. The minimum Gasteiger partial charge on any atom is -0.507 e. The fourth-order valence-electron chi connectivity index (χ4n) is 9.89. The largest absolute Gasteiger partial charge is 0.507 e. The lowest BCUT2D eigenvalue weighted by molar-refractivity contribution is -0.141. The van der Waals surface area contributed by atoms with E-state index >= 15 is 0 Å². The summed E-state index contributed by atoms with van der Waals surface area (Å²) in [6.45, 7) is 9.99. The smallest absolute Gasteiger partial charge is 0.303 e. The summed E-state index contributed by atoms with van der Waals surface area (Å²) < 4.78 is 14.2. The van der Waals surface area contributed by atoms with Crippen LogP contribution in [0.3, 0.4) is 0 Å². The minimum absolute atomic E-state index is 0.0797. The summed E-state index contributed by atoms with van der Waals surface area (Å²) in [5, 5.41) is 23.6. The minimum atomic E-state index is -2.93. The lowest BCUT2D eigenvalue weighted by atomic mass is 9.69. The summed E-state index contributed by atoms with van der Waals surface area (Å²) >= 11 is 0. The zero-order valence-corrected chi connectivity index (χ0v) is 35.3. The van der Waals surface area contributed by atoms with Crippen LogP contribution in [0.1, 0.15) is 84.6 Å². The van der Waals surface area contributed by atoms with Crippen molar-refractivity contribution >= 4 is 53.3 Å². The standard InChI is InChI=1S/C49H57NO7Si/c1-5-33(29-34-25-26-42(51)39-22-15-14-21-38(34)39)24-27-43-45-35(31-57-58(49(2,3)4,36-17-9-6-10-18-36)37-19-11-7-12-20-37)30-40-46(41(45)32-56-43)48(55)50(47(40)54)28-16-8-13-23-44(52)53/h6-7,9-12,14-15,17-22,25-26,29,40-41,43,46,51H,5,8,13,16,23-24,27-28,30-32H2,1-4H3,(H,52,53)/b33-29+/t40-,41+,43-,46-/m1/s1. The molecule has 0 aromatic heterocycles. The number of aliphatic carboxylic acids is 1. The second-order valence-electron chi connectivity index (χ2n) is 17.2. The Bertz CT molecular complexity index is 2150. The van der Waals surface area contributed by atoms with Gasteiger partial charge in [0, 0.05) is 24.3 Å². The van der Waals surface area contributed by atoms with E-state index in [4.69, 9.17) is 14.3 Å². The summed E-state index contributed by atoms with van der Waals surface area (Å²) in [6, 6.07) is 32.8. The van der Waals surface area contributed by atoms with Crippen molar-refractivity contribution in [3.8, 4) is 5.75 Å². The number of carboxylic acids is 1. The Morgan fingerprint density at radius 2 is 1.50 bits per heavy atom. The molecule has 4 aromatic rings. The van der Waals surface area contributed by atoms with Crippen LogP contribution in [-0.4, -0.2) is 67.1 Å². The Morgan fingerprint density at radius 3 is 2.14 bits per heavy atom. The van der Waals surface area contributed by atoms with Crippen molar-refractivity contribution in [1.29, 1.82) is 0 Å². The topological polar surface area (TPSA) is 113 Å². The molecule has 2 N–H and O–H groups in total. The molecule has 1 aliphatic carbocycles. The first-order valence-electron chi connectivity index (χ1n) is 21.0. The first-order valence-corrected chi connectivity index (χ1v) is 22.9. The van der Waals surface area contributed by atoms with E-state index in [-0.39, 0.29) is 41.0 Å². The number of unbranched alkanes of at least 4 members (excludes halogenated alkanes) is 2. The van der Waals surface area contributed by atoms with Crippen molar-refractivity contribution in [2.75, 3.05) is 19.8 Å². The molecule has 0 saturated carbocycles. The van der Waals surface area contributed by atoms with E-state index in [1.807, 2.05) is 42.5 Å². The van der Waals surface area contributed by atoms with Crippen molar-refractivity contribution < 1.29 is 33.8 Å². The van der Waals surface area contributed by atoms with E-state index in [2.05, 4.69) is 82.3 Å². The van der Waals surface area contributed by atoms with Gasteiger partial charge in [-0.1, -0.05) is 137 Å². The van der Waals surface area contributed by atoms with Gasteiger partial charge in [-0.05, 0) is 82.1 Å². The highest BCUT2D eigenvalue weighted by molar-refractivity contribution is 6.99. The number of nitrogens with zero attached hydrogens (tertiary/aromatic N) is 1. The van der Waals surface area contributed by atoms with Crippen LogP contribution >= 0.6 is 0 Å². The Labute approximate surface area is 343 Å². The van der Waals surface area contributed by atoms with Gasteiger partial charge in [0.15, 0.2) is 0 Å². The van der Waals surface area contributed by atoms with Crippen molar-refractivity contribution in [3.63, 3.8) is 0 Å². The summed E-state index contributed by atoms with van der Waals surface area (Å²) in [5.41, 5.74) is 4.54. The molecule has 2 saturated heterocycles. The fraction of sp³-hybridized carbons (Fsp3) is 0.408. The van der Waals surface area contributed by atoms with Gasteiger partial charge in [0.05, 0.1) is 31.2 Å². The fourth-order valence-corrected chi connectivity index (χ4v) is 14.4. The molecule has 2 amide bonds. The third-order valence-electron chi connectivity index (χ3n) is 12.7. The van der Waals surface area contributed by atoms with Crippen LogP contribution in [-0.2, 0) is 23.5 Å². The van der Waals surface area contributed by atoms with Crippen LogP contribution in [0.25, 0.3) is 16.8 Å². The first-order chi connectivity index (χ1) is 27.9. The molecular formula is C49H57NO7Si. The van der Waals surface area contributed by atoms with Crippen molar-refractivity contribution in [2.24, 2.45) is 17.8 Å². The van der Waals surface area contributed by atoms with Gasteiger partial charge < -0.3 is 19.4 Å². The maximum Gasteiger partial charge on any atom is 0.303 e. The van der Waals surface area contributed by atoms with Crippen LogP contribution in [0.5, 0.6) is 5.75 Å². The summed E-state index contributed by atoms with van der Waals surface area (Å²) in [4.78, 5) is 40.9. The predicted octanol–water partition coefficient (Wildman–Crippen LogP) is 8.66. The average Bonchev–Trinajstić information content (AvgIpc) is 3.75. The number of imide groups is 1. The lowest BCUT2D eigenvalue weighted by Gasteiger charge is -2.44. The summed E-state index contributed by atoms with van der Waals surface area (Å²) in [7, 11) is -2.93. The summed E-state index contributed by atoms with van der Waals surface area (Å²) in [6.07, 6.45) is 6.67. The van der Waals surface area contributed by atoms with Crippen LogP contribution in [0.4, 0.5) is 0 Å². The highest BCUT2D eigenvalue weighted by Gasteiger charge is 2.57. The first kappa shape index (κ1) is 41.3. The maximum atomic E-state index is 14.2. The van der Waals surface area contributed by atoms with Crippen molar-refractivity contribution in [1.82, 2.24) is 4.90 Å². The number of amides is 2. The second kappa shape index (κ2) is 17.6. The second-order valence-corrected chi connectivity index (χ2v) is 21.5. The molecule has 0 unspecified atom stereocenters. The molecule has 7 rings (SSSR count). The van der Waals surface area contributed by atoms with E-state index in [0.717, 1.165) is 46.7 Å². The molecule has 4 aromatic carbocycles. The van der Waals surface area contributed by atoms with Crippen LogP contribution < -0.4 is 10.4 Å². The third kappa shape index (κ3) is 8.09. The number of benzene rings is 4. The van der Waals surface area contributed by atoms with Gasteiger partial charge in [-0.15, -0.1) is 0 Å². The number of rotatable bonds is 16. The van der Waals surface area contributed by atoms with Crippen LogP contribution in [0.2, 0.25) is 5.04 Å². The molecule has 2 heterocycles. The van der Waals surface area contributed by atoms with Gasteiger partial charge in [-0.2, -0.15) is 0 Å². The van der Waals surface area contributed by atoms with Crippen molar-refractivity contribution in [3.05, 3.63) is 119 Å². The number of allylic oxidation sites excluding steroid dienone is 1. The molecule has 0 spiro atoms. The Morgan fingerprint density at radius 1 is 0.845 bits per heavy atom. The van der Waals surface area contributed by atoms with Gasteiger partial charge in [0.1, 0.15) is 5.75 Å². The highest BCUT2D eigenvalue weighted by atomic mass is 28.4. The molecule has 4 atom stereocenters. The van der Waals surface area contributed by atoms with E-state index in [9.17, 15) is 19.5 Å². The zero-order valence-electron chi connectivity index (χ0n) is 34.3. The molecule has 58 heavy (non-hydrogen) atoms. The number of hydrogen-bond acceptors (Lipinski definition) is 6. The van der Waals surface area contributed by atoms with Crippen molar-refractivity contribution in [2.45, 2.75) is 90.2 Å². The number of carbonyl (C=O) groups is 3. The highest BCUT2D eigenvalue weighted by Crippen LogP contribution is 2.50. The molecule has 0 radical (unpaired) electrons. The molecular weight excluding hydrogens is 743 g/mol. The molecule has 304 valence electrons. The number of fused-ring (bicyclic) bond motifs is 4.